The molecular weight excluding hydrogens is 386 g/mol. The molecule has 1 aliphatic heterocycles. The first-order valence-electron chi connectivity index (χ1n) is 7.96. The van der Waals surface area contributed by atoms with Crippen LogP contribution in [0, 0.1) is 6.92 Å². The first kappa shape index (κ1) is 17.4. The Morgan fingerprint density at radius 3 is 2.83 bits per heavy atom. The van der Waals surface area contributed by atoms with E-state index in [0.29, 0.717) is 17.9 Å². The van der Waals surface area contributed by atoms with Crippen LogP contribution in [0.5, 0.6) is 0 Å². The number of likely N-dealkylation sites (N-methyl/N-ethyl adjacent to an activating group) is 1. The lowest BCUT2D eigenvalue weighted by molar-refractivity contribution is 0.473. The first-order chi connectivity index (χ1) is 11.5. The number of halogens is 1. The normalized spacial score (nSPS) is 13.4. The van der Waals surface area contributed by atoms with Crippen molar-refractivity contribution in [3.05, 3.63) is 62.1 Å². The van der Waals surface area contributed by atoms with E-state index < -0.39 is 0 Å². The molecule has 0 spiro atoms. The third-order valence-corrected chi connectivity index (χ3v) is 5.77. The topological polar surface area (TPSA) is 33.5 Å². The van der Waals surface area contributed by atoms with E-state index in [2.05, 4.69) is 52.0 Å². The van der Waals surface area contributed by atoms with Gasteiger partial charge < -0.3 is 9.32 Å². The van der Waals surface area contributed by atoms with Gasteiger partial charge in [0.25, 0.3) is 0 Å². The van der Waals surface area contributed by atoms with Crippen molar-refractivity contribution in [2.24, 2.45) is 0 Å². The summed E-state index contributed by atoms with van der Waals surface area (Å²) in [6, 6.07) is 8.38. The number of anilines is 1. The Balaban J connectivity index is 1.90. The van der Waals surface area contributed by atoms with Crippen LogP contribution in [-0.4, -0.2) is 19.3 Å². The number of nitrogens with zero attached hydrogens (tertiary/aromatic N) is 1. The predicted molar refractivity (Wildman–Crippen MR) is 105 cm³/mol. The minimum atomic E-state index is -0.239. The number of rotatable bonds is 4. The summed E-state index contributed by atoms with van der Waals surface area (Å²) in [5.41, 5.74) is 3.92. The van der Waals surface area contributed by atoms with Crippen molar-refractivity contribution >= 4 is 39.0 Å². The van der Waals surface area contributed by atoms with Crippen LogP contribution in [0.3, 0.4) is 0 Å². The van der Waals surface area contributed by atoms with Crippen LogP contribution in [0.2, 0.25) is 0 Å². The Hall–Kier alpha value is -1.46. The molecule has 0 atom stereocenters. The van der Waals surface area contributed by atoms with Crippen molar-refractivity contribution in [3.63, 3.8) is 0 Å². The van der Waals surface area contributed by atoms with Gasteiger partial charge in [0.2, 0.25) is 0 Å². The zero-order chi connectivity index (χ0) is 17.3. The number of hydrogen-bond acceptors (Lipinski definition) is 4. The predicted octanol–water partition coefficient (Wildman–Crippen LogP) is 4.90. The number of aryl methyl sites for hydroxylation is 2. The van der Waals surface area contributed by atoms with Gasteiger partial charge in [-0.3, -0.25) is 0 Å². The summed E-state index contributed by atoms with van der Waals surface area (Å²) in [5.74, 6) is 1.55. The van der Waals surface area contributed by atoms with Crippen LogP contribution in [0.25, 0.3) is 5.57 Å². The summed E-state index contributed by atoms with van der Waals surface area (Å²) < 4.78 is 6.38. The van der Waals surface area contributed by atoms with E-state index >= 15 is 0 Å². The van der Waals surface area contributed by atoms with Crippen molar-refractivity contribution in [1.29, 1.82) is 0 Å². The summed E-state index contributed by atoms with van der Waals surface area (Å²) in [4.78, 5) is 15.5. The second kappa shape index (κ2) is 7.19. The van der Waals surface area contributed by atoms with Gasteiger partial charge in [-0.05, 0) is 58.6 Å². The van der Waals surface area contributed by atoms with Gasteiger partial charge in [0, 0.05) is 28.7 Å². The van der Waals surface area contributed by atoms with Crippen molar-refractivity contribution in [2.75, 3.05) is 24.2 Å². The molecule has 0 fully saturated rings. The van der Waals surface area contributed by atoms with E-state index in [1.54, 1.807) is 11.8 Å². The van der Waals surface area contributed by atoms with Crippen molar-refractivity contribution in [1.82, 2.24) is 0 Å². The SMILES string of the molecule is CCc1ccc(N(C)CC2=CCSc3cc(C)oc(=O)c32)c(Br)c1. The van der Waals surface area contributed by atoms with Crippen LogP contribution < -0.4 is 10.5 Å². The second-order valence-corrected chi connectivity index (χ2v) is 7.84. The fraction of sp³-hybridized carbons (Fsp3) is 0.316. The number of hydrogen-bond donors (Lipinski definition) is 0. The fourth-order valence-corrected chi connectivity index (χ4v) is 4.69. The van der Waals surface area contributed by atoms with Crippen LogP contribution in [-0.2, 0) is 6.42 Å². The van der Waals surface area contributed by atoms with Crippen LogP contribution in [0.4, 0.5) is 5.69 Å². The average Bonchev–Trinajstić information content (AvgIpc) is 2.54. The molecule has 5 heteroatoms. The van der Waals surface area contributed by atoms with E-state index in [1.165, 1.54) is 5.56 Å². The first-order valence-corrected chi connectivity index (χ1v) is 9.74. The second-order valence-electron chi connectivity index (χ2n) is 5.92. The van der Waals surface area contributed by atoms with Gasteiger partial charge >= 0.3 is 5.63 Å². The lowest BCUT2D eigenvalue weighted by atomic mass is 10.1. The zero-order valence-corrected chi connectivity index (χ0v) is 16.5. The summed E-state index contributed by atoms with van der Waals surface area (Å²) in [5, 5.41) is 0. The number of fused-ring (bicyclic) bond motifs is 1. The Labute approximate surface area is 154 Å². The largest absolute Gasteiger partial charge is 0.428 e. The smallest absolute Gasteiger partial charge is 0.344 e. The van der Waals surface area contributed by atoms with Crippen molar-refractivity contribution < 1.29 is 4.42 Å². The van der Waals surface area contributed by atoms with Crippen LogP contribution in [0.15, 0.2) is 48.9 Å². The summed E-state index contributed by atoms with van der Waals surface area (Å²) in [6.45, 7) is 4.64. The van der Waals surface area contributed by atoms with E-state index in [0.717, 1.165) is 32.8 Å². The Morgan fingerprint density at radius 1 is 1.33 bits per heavy atom. The molecule has 126 valence electrons. The molecule has 0 bridgehead atoms. The van der Waals surface area contributed by atoms with Gasteiger partial charge in [0.05, 0.1) is 11.3 Å². The molecule has 1 aliphatic rings. The highest BCUT2D eigenvalue weighted by Crippen LogP contribution is 2.34. The van der Waals surface area contributed by atoms with Crippen LogP contribution in [0.1, 0.15) is 23.8 Å². The molecular formula is C19H20BrNO2S. The minimum Gasteiger partial charge on any atom is -0.428 e. The Kier molecular flexibility index (Phi) is 5.21. The number of benzene rings is 1. The third-order valence-electron chi connectivity index (χ3n) is 4.17. The molecule has 3 nitrogen and oxygen atoms in total. The molecule has 1 aromatic carbocycles. The lowest BCUT2D eigenvalue weighted by Crippen LogP contribution is -2.24. The molecule has 0 radical (unpaired) electrons. The molecule has 3 rings (SSSR count). The Morgan fingerprint density at radius 2 is 2.12 bits per heavy atom. The molecule has 0 unspecified atom stereocenters. The van der Waals surface area contributed by atoms with Gasteiger partial charge in [0.15, 0.2) is 0 Å². The molecule has 2 heterocycles. The fourth-order valence-electron chi connectivity index (χ4n) is 2.89. The highest BCUT2D eigenvalue weighted by atomic mass is 79.9. The summed E-state index contributed by atoms with van der Waals surface area (Å²) in [7, 11) is 2.05. The summed E-state index contributed by atoms with van der Waals surface area (Å²) >= 11 is 5.35. The summed E-state index contributed by atoms with van der Waals surface area (Å²) in [6.07, 6.45) is 3.14. The quantitative estimate of drug-likeness (QED) is 0.724. The van der Waals surface area contributed by atoms with Gasteiger partial charge in [0.1, 0.15) is 5.76 Å². The molecule has 1 aromatic heterocycles. The van der Waals surface area contributed by atoms with Gasteiger partial charge in [-0.1, -0.05) is 19.1 Å². The molecule has 24 heavy (non-hydrogen) atoms. The van der Waals surface area contributed by atoms with E-state index in [1.807, 2.05) is 20.0 Å². The molecule has 0 saturated carbocycles. The maximum Gasteiger partial charge on any atom is 0.344 e. The van der Waals surface area contributed by atoms with Gasteiger partial charge in [-0.15, -0.1) is 11.8 Å². The molecule has 0 N–H and O–H groups in total. The average molecular weight is 406 g/mol. The Bertz CT molecular complexity index is 857. The highest BCUT2D eigenvalue weighted by Gasteiger charge is 2.20. The minimum absolute atomic E-state index is 0.239. The third kappa shape index (κ3) is 3.47. The maximum absolute atomic E-state index is 12.3. The molecule has 0 saturated heterocycles. The lowest BCUT2D eigenvalue weighted by Gasteiger charge is -2.25. The molecule has 2 aromatic rings. The molecule has 0 amide bonds. The zero-order valence-electron chi connectivity index (χ0n) is 14.1. The monoisotopic (exact) mass is 405 g/mol. The van der Waals surface area contributed by atoms with Gasteiger partial charge in [-0.25, -0.2) is 4.79 Å². The van der Waals surface area contributed by atoms with E-state index in [9.17, 15) is 4.79 Å². The maximum atomic E-state index is 12.3. The van der Waals surface area contributed by atoms with Crippen molar-refractivity contribution in [3.8, 4) is 0 Å². The standard InChI is InChI=1S/C19H20BrNO2S/c1-4-13-5-6-16(15(20)10-13)21(3)11-14-7-8-24-17-9-12(2)23-19(22)18(14)17/h5-7,9-10H,4,8,11H2,1-3H3. The van der Waals surface area contributed by atoms with Crippen molar-refractivity contribution in [2.45, 2.75) is 25.2 Å². The van der Waals surface area contributed by atoms with Gasteiger partial charge in [-0.2, -0.15) is 0 Å². The highest BCUT2D eigenvalue weighted by molar-refractivity contribution is 9.10. The van der Waals surface area contributed by atoms with E-state index in [-0.39, 0.29) is 5.63 Å². The number of thioether (sulfide) groups is 1. The molecule has 0 aliphatic carbocycles. The van der Waals surface area contributed by atoms with E-state index in [4.69, 9.17) is 4.42 Å². The van der Waals surface area contributed by atoms with Crippen LogP contribution >= 0.6 is 27.7 Å².